The van der Waals surface area contributed by atoms with E-state index in [1.807, 2.05) is 37.3 Å². The predicted octanol–water partition coefficient (Wildman–Crippen LogP) is 3.12. The highest BCUT2D eigenvalue weighted by atomic mass is 32.2. The number of hydrogen-bond acceptors (Lipinski definition) is 5. The molecule has 0 aliphatic heterocycles. The van der Waals surface area contributed by atoms with Crippen LogP contribution < -0.4 is 5.32 Å². The maximum Gasteiger partial charge on any atom is 0.230 e. The SMILES string of the molecule is CCNC(=O)CSc1nc(-c2ccco2)nc2ccccc12. The molecule has 6 heteroatoms. The van der Waals surface area contributed by atoms with Crippen molar-refractivity contribution in [2.24, 2.45) is 0 Å². The maximum absolute atomic E-state index is 11.7. The van der Waals surface area contributed by atoms with Crippen LogP contribution in [-0.2, 0) is 4.79 Å². The van der Waals surface area contributed by atoms with Gasteiger partial charge in [-0.25, -0.2) is 9.97 Å². The molecule has 1 N–H and O–H groups in total. The minimum atomic E-state index is -0.00487. The Morgan fingerprint density at radius 3 is 2.86 bits per heavy atom. The summed E-state index contributed by atoms with van der Waals surface area (Å²) in [5.74, 6) is 1.47. The Balaban J connectivity index is 1.97. The third kappa shape index (κ3) is 3.12. The van der Waals surface area contributed by atoms with Gasteiger partial charge in [0, 0.05) is 11.9 Å². The molecule has 5 nitrogen and oxygen atoms in total. The summed E-state index contributed by atoms with van der Waals surface area (Å²) in [4.78, 5) is 20.7. The first-order chi connectivity index (χ1) is 10.8. The average molecular weight is 313 g/mol. The van der Waals surface area contributed by atoms with Crippen LogP contribution in [0.25, 0.3) is 22.5 Å². The van der Waals surface area contributed by atoms with Crippen LogP contribution in [0.15, 0.2) is 52.1 Å². The van der Waals surface area contributed by atoms with E-state index in [1.54, 1.807) is 12.3 Å². The summed E-state index contributed by atoms with van der Waals surface area (Å²) in [6, 6.07) is 11.4. The lowest BCUT2D eigenvalue weighted by atomic mass is 10.2. The molecule has 0 saturated carbocycles. The third-order valence-electron chi connectivity index (χ3n) is 3.02. The van der Waals surface area contributed by atoms with Crippen LogP contribution in [0.5, 0.6) is 0 Å². The van der Waals surface area contributed by atoms with Gasteiger partial charge in [-0.15, -0.1) is 0 Å². The number of para-hydroxylation sites is 1. The molecule has 0 radical (unpaired) electrons. The summed E-state index contributed by atoms with van der Waals surface area (Å²) in [5.41, 5.74) is 0.835. The number of nitrogens with zero attached hydrogens (tertiary/aromatic N) is 2. The molecule has 2 aromatic heterocycles. The fourth-order valence-electron chi connectivity index (χ4n) is 2.06. The minimum Gasteiger partial charge on any atom is -0.461 e. The first-order valence-electron chi connectivity index (χ1n) is 6.98. The Kier molecular flexibility index (Phi) is 4.39. The molecular formula is C16H15N3O2S. The Hall–Kier alpha value is -2.34. The van der Waals surface area contributed by atoms with Gasteiger partial charge in [0.15, 0.2) is 11.6 Å². The lowest BCUT2D eigenvalue weighted by molar-refractivity contribution is -0.118. The van der Waals surface area contributed by atoms with Crippen LogP contribution in [-0.4, -0.2) is 28.2 Å². The summed E-state index contributed by atoms with van der Waals surface area (Å²) >= 11 is 1.40. The van der Waals surface area contributed by atoms with Crippen LogP contribution in [0.3, 0.4) is 0 Å². The maximum atomic E-state index is 11.7. The summed E-state index contributed by atoms with van der Waals surface area (Å²) in [6.07, 6.45) is 1.59. The zero-order chi connectivity index (χ0) is 15.4. The molecule has 1 amide bonds. The van der Waals surface area contributed by atoms with Crippen molar-refractivity contribution in [3.8, 4) is 11.6 Å². The summed E-state index contributed by atoms with van der Waals surface area (Å²) in [7, 11) is 0. The number of benzene rings is 1. The monoisotopic (exact) mass is 313 g/mol. The van der Waals surface area contributed by atoms with Crippen LogP contribution in [0, 0.1) is 0 Å². The van der Waals surface area contributed by atoms with Crippen molar-refractivity contribution in [2.75, 3.05) is 12.3 Å². The second-order valence-corrected chi connectivity index (χ2v) is 5.55. The lowest BCUT2D eigenvalue weighted by Crippen LogP contribution is -2.24. The topological polar surface area (TPSA) is 68.0 Å². The van der Waals surface area contributed by atoms with Crippen LogP contribution >= 0.6 is 11.8 Å². The van der Waals surface area contributed by atoms with Gasteiger partial charge in [0.1, 0.15) is 5.03 Å². The molecule has 22 heavy (non-hydrogen) atoms. The number of hydrogen-bond donors (Lipinski definition) is 1. The molecule has 0 saturated heterocycles. The van der Waals surface area contributed by atoms with Gasteiger partial charge in [-0.05, 0) is 25.1 Å². The van der Waals surface area contributed by atoms with E-state index in [4.69, 9.17) is 4.42 Å². The van der Waals surface area contributed by atoms with Gasteiger partial charge in [-0.2, -0.15) is 0 Å². The van der Waals surface area contributed by atoms with Crippen molar-refractivity contribution >= 4 is 28.6 Å². The van der Waals surface area contributed by atoms with Gasteiger partial charge in [-0.1, -0.05) is 30.0 Å². The van der Waals surface area contributed by atoms with E-state index in [1.165, 1.54) is 11.8 Å². The van der Waals surface area contributed by atoms with Crippen molar-refractivity contribution in [2.45, 2.75) is 11.9 Å². The lowest BCUT2D eigenvalue weighted by Gasteiger charge is -2.07. The van der Waals surface area contributed by atoms with Gasteiger partial charge in [-0.3, -0.25) is 4.79 Å². The zero-order valence-electron chi connectivity index (χ0n) is 12.1. The molecule has 0 fully saturated rings. The number of rotatable bonds is 5. The molecular weight excluding hydrogens is 298 g/mol. The Morgan fingerprint density at radius 2 is 2.09 bits per heavy atom. The van der Waals surface area contributed by atoms with Gasteiger partial charge in [0.05, 0.1) is 17.5 Å². The molecule has 0 atom stereocenters. The Labute approximate surface area is 132 Å². The largest absolute Gasteiger partial charge is 0.461 e. The van der Waals surface area contributed by atoms with Gasteiger partial charge in [0.25, 0.3) is 0 Å². The first-order valence-corrected chi connectivity index (χ1v) is 7.96. The number of fused-ring (bicyclic) bond motifs is 1. The highest BCUT2D eigenvalue weighted by Crippen LogP contribution is 2.28. The van der Waals surface area contributed by atoms with Gasteiger partial charge < -0.3 is 9.73 Å². The molecule has 0 unspecified atom stereocenters. The van der Waals surface area contributed by atoms with E-state index in [9.17, 15) is 4.79 Å². The summed E-state index contributed by atoms with van der Waals surface area (Å²) in [6.45, 7) is 2.53. The van der Waals surface area contributed by atoms with E-state index in [2.05, 4.69) is 15.3 Å². The van der Waals surface area contributed by atoms with Crippen LogP contribution in [0.2, 0.25) is 0 Å². The van der Waals surface area contributed by atoms with Gasteiger partial charge >= 0.3 is 0 Å². The Bertz CT molecular complexity index is 787. The number of carbonyl (C=O) groups excluding carboxylic acids is 1. The number of nitrogens with one attached hydrogen (secondary N) is 1. The number of aromatic nitrogens is 2. The second-order valence-electron chi connectivity index (χ2n) is 4.59. The zero-order valence-corrected chi connectivity index (χ0v) is 12.9. The predicted molar refractivity (Wildman–Crippen MR) is 86.6 cm³/mol. The molecule has 0 spiro atoms. The number of thioether (sulfide) groups is 1. The average Bonchev–Trinajstić information content (AvgIpc) is 3.07. The number of carbonyl (C=O) groups is 1. The molecule has 112 valence electrons. The highest BCUT2D eigenvalue weighted by molar-refractivity contribution is 8.00. The van der Waals surface area contributed by atoms with Crippen molar-refractivity contribution in [3.63, 3.8) is 0 Å². The smallest absolute Gasteiger partial charge is 0.230 e. The van der Waals surface area contributed by atoms with Crippen LogP contribution in [0.1, 0.15) is 6.92 Å². The van der Waals surface area contributed by atoms with E-state index in [0.717, 1.165) is 15.9 Å². The molecule has 0 bridgehead atoms. The standard InChI is InChI=1S/C16H15N3O2S/c1-2-17-14(20)10-22-16-11-6-3-4-7-12(11)18-15(19-16)13-8-5-9-21-13/h3-9H,2,10H2,1H3,(H,17,20). The summed E-state index contributed by atoms with van der Waals surface area (Å²) in [5, 5.41) is 4.50. The van der Waals surface area contributed by atoms with E-state index in [-0.39, 0.29) is 5.91 Å². The minimum absolute atomic E-state index is 0.00487. The van der Waals surface area contributed by atoms with Crippen LogP contribution in [0.4, 0.5) is 0 Å². The summed E-state index contributed by atoms with van der Waals surface area (Å²) < 4.78 is 5.37. The molecule has 3 rings (SSSR count). The number of furan rings is 1. The molecule has 1 aromatic carbocycles. The quantitative estimate of drug-likeness (QED) is 0.579. The fourth-order valence-corrected chi connectivity index (χ4v) is 2.90. The highest BCUT2D eigenvalue weighted by Gasteiger charge is 2.12. The van der Waals surface area contributed by atoms with Gasteiger partial charge in [0.2, 0.25) is 5.91 Å². The number of amides is 1. The van der Waals surface area contributed by atoms with Crippen molar-refractivity contribution in [1.82, 2.24) is 15.3 Å². The fraction of sp³-hybridized carbons (Fsp3) is 0.188. The normalized spacial score (nSPS) is 10.8. The molecule has 3 aromatic rings. The van der Waals surface area contributed by atoms with Crippen molar-refractivity contribution < 1.29 is 9.21 Å². The third-order valence-corrected chi connectivity index (χ3v) is 4.01. The van der Waals surface area contributed by atoms with Crippen molar-refractivity contribution in [1.29, 1.82) is 0 Å². The molecule has 0 aliphatic rings. The molecule has 2 heterocycles. The molecule has 0 aliphatic carbocycles. The second kappa shape index (κ2) is 6.62. The first kappa shape index (κ1) is 14.6. The van der Waals surface area contributed by atoms with E-state index < -0.39 is 0 Å². The van der Waals surface area contributed by atoms with Crippen molar-refractivity contribution in [3.05, 3.63) is 42.7 Å². The van der Waals surface area contributed by atoms with E-state index in [0.29, 0.717) is 23.9 Å². The van der Waals surface area contributed by atoms with E-state index >= 15 is 0 Å². The Morgan fingerprint density at radius 1 is 1.23 bits per heavy atom.